The first-order chi connectivity index (χ1) is 17.0. The van der Waals surface area contributed by atoms with Gasteiger partial charge in [-0.05, 0) is 66.3 Å². The maximum atomic E-state index is 12.3. The fraction of sp³-hybridized carbons (Fsp3) is 0.462. The Hall–Kier alpha value is -2.39. The van der Waals surface area contributed by atoms with E-state index in [0.29, 0.717) is 30.2 Å². The lowest BCUT2D eigenvalue weighted by Crippen LogP contribution is -2.22. The number of hydrogen-bond acceptors (Lipinski definition) is 6. The molecule has 3 N–H and O–H groups in total. The van der Waals surface area contributed by atoms with Crippen molar-refractivity contribution in [3.05, 3.63) is 47.5 Å². The highest BCUT2D eigenvalue weighted by atomic mass is 32.1. The Morgan fingerprint density at radius 3 is 2.26 bits per heavy atom. The van der Waals surface area contributed by atoms with Gasteiger partial charge in [-0.25, -0.2) is 0 Å². The summed E-state index contributed by atoms with van der Waals surface area (Å²) in [5.41, 5.74) is 5.58. The minimum Gasteiger partial charge on any atom is -0.396 e. The molecule has 1 aliphatic carbocycles. The van der Waals surface area contributed by atoms with Gasteiger partial charge in [0.25, 0.3) is 0 Å². The molecule has 2 atom stereocenters. The third-order valence-electron chi connectivity index (χ3n) is 5.79. The molecule has 0 spiro atoms. The normalized spacial score (nSPS) is 15.3. The Morgan fingerprint density at radius 2 is 1.71 bits per heavy atom. The maximum absolute atomic E-state index is 12.3. The highest BCUT2D eigenvalue weighted by Gasteiger charge is 2.28. The first-order valence-electron chi connectivity index (χ1n) is 12.1. The van der Waals surface area contributed by atoms with Gasteiger partial charge in [0.05, 0.1) is 6.10 Å². The Balaban J connectivity index is 1.70. The second kappa shape index (κ2) is 12.9. The van der Waals surface area contributed by atoms with Crippen LogP contribution < -0.4 is 10.6 Å². The van der Waals surface area contributed by atoms with Crippen LogP contribution >= 0.6 is 12.5 Å². The van der Waals surface area contributed by atoms with Gasteiger partial charge >= 0.3 is 0 Å². The fourth-order valence-electron chi connectivity index (χ4n) is 3.98. The van der Waals surface area contributed by atoms with Crippen molar-refractivity contribution in [3.8, 4) is 11.1 Å². The SMILES string of the molecule is [2H]SCC1c2cc(NC(=O)COCCCC)ccc2-c2ccc(NC(=O)COC(C)CCO)cc21. The summed E-state index contributed by atoms with van der Waals surface area (Å²) in [4.78, 5) is 24.6. The number of anilines is 2. The number of carbonyl (C=O) groups is 2. The number of carbonyl (C=O) groups excluding carboxylic acids is 2. The van der Waals surface area contributed by atoms with Gasteiger partial charge in [0.1, 0.15) is 14.3 Å². The summed E-state index contributed by atoms with van der Waals surface area (Å²) in [6, 6.07) is 11.6. The van der Waals surface area contributed by atoms with Crippen LogP contribution in [0.5, 0.6) is 0 Å². The smallest absolute Gasteiger partial charge is 0.250 e. The standard InChI is InChI=1S/C26H34N2O5S/c1-3-4-11-32-14-25(30)27-18-5-7-20-21-8-6-19(13-23(21)24(16-34)22(20)12-18)28-26(31)15-33-17(2)9-10-29/h5-8,12-13,17,24,29,34H,3-4,9-11,14-16H2,1-2H3,(H,27,30)(H,28,31)/i/hD. The van der Waals surface area contributed by atoms with Gasteiger partial charge in [-0.1, -0.05) is 25.5 Å². The fourth-order valence-corrected chi connectivity index (χ4v) is 4.34. The molecule has 0 saturated carbocycles. The van der Waals surface area contributed by atoms with Crippen LogP contribution in [-0.2, 0) is 19.1 Å². The molecule has 2 aromatic carbocycles. The number of benzene rings is 2. The van der Waals surface area contributed by atoms with E-state index in [9.17, 15) is 9.59 Å². The number of aliphatic hydroxyl groups excluding tert-OH is 1. The Kier molecular flexibility index (Phi) is 9.38. The van der Waals surface area contributed by atoms with Crippen LogP contribution in [0.25, 0.3) is 11.1 Å². The Labute approximate surface area is 207 Å². The molecule has 1 aliphatic rings. The molecular formula is C26H34N2O5S. The lowest BCUT2D eigenvalue weighted by Gasteiger charge is -2.14. The zero-order valence-corrected chi connectivity index (χ0v) is 20.6. The highest BCUT2D eigenvalue weighted by molar-refractivity contribution is 7.80. The second-order valence-corrected chi connectivity index (χ2v) is 8.79. The van der Waals surface area contributed by atoms with Gasteiger partial charge in [-0.2, -0.15) is 12.5 Å². The molecule has 34 heavy (non-hydrogen) atoms. The molecule has 2 aromatic rings. The summed E-state index contributed by atoms with van der Waals surface area (Å²) in [7, 11) is 0. The number of hydrogen-bond donors (Lipinski definition) is 4. The van der Waals surface area contributed by atoms with Crippen molar-refractivity contribution in [2.24, 2.45) is 0 Å². The van der Waals surface area contributed by atoms with Crippen LogP contribution in [0.3, 0.4) is 0 Å². The summed E-state index contributed by atoms with van der Waals surface area (Å²) < 4.78 is 18.6. The van der Waals surface area contributed by atoms with Gasteiger partial charge in [-0.3, -0.25) is 9.59 Å². The summed E-state index contributed by atoms with van der Waals surface area (Å²) in [6.07, 6.45) is 2.22. The predicted octanol–water partition coefficient (Wildman–Crippen LogP) is 4.21. The van der Waals surface area contributed by atoms with Gasteiger partial charge in [0, 0.05) is 36.3 Å². The summed E-state index contributed by atoms with van der Waals surface area (Å²) >= 11 is 1.01. The van der Waals surface area contributed by atoms with E-state index >= 15 is 0 Å². The van der Waals surface area contributed by atoms with Crippen LogP contribution in [-0.4, -0.2) is 56.3 Å². The van der Waals surface area contributed by atoms with Gasteiger partial charge in [0.2, 0.25) is 11.8 Å². The number of aliphatic hydroxyl groups is 1. The number of unbranched alkanes of at least 4 members (excludes halogenated alkanes) is 1. The van der Waals surface area contributed by atoms with E-state index < -0.39 is 0 Å². The van der Waals surface area contributed by atoms with Gasteiger partial charge in [0.15, 0.2) is 0 Å². The van der Waals surface area contributed by atoms with Gasteiger partial charge in [-0.15, -0.1) is 0 Å². The molecule has 2 unspecified atom stereocenters. The zero-order chi connectivity index (χ0) is 25.2. The first kappa shape index (κ1) is 24.7. The van der Waals surface area contributed by atoms with Crippen LogP contribution in [0, 0.1) is 0 Å². The van der Waals surface area contributed by atoms with Crippen LogP contribution in [0.15, 0.2) is 36.4 Å². The molecule has 0 saturated heterocycles. The molecule has 7 nitrogen and oxygen atoms in total. The van der Waals surface area contributed by atoms with Gasteiger partial charge < -0.3 is 25.2 Å². The van der Waals surface area contributed by atoms with E-state index in [1.165, 1.54) is 0 Å². The molecule has 0 heterocycles. The lowest BCUT2D eigenvalue weighted by molar-refractivity contribution is -0.122. The number of fused-ring (bicyclic) bond motifs is 3. The molecule has 3 rings (SSSR count). The predicted molar refractivity (Wildman–Crippen MR) is 138 cm³/mol. The quantitative estimate of drug-likeness (QED) is 0.236. The third kappa shape index (κ3) is 6.82. The van der Waals surface area contributed by atoms with E-state index in [1.54, 1.807) is 0 Å². The van der Waals surface area contributed by atoms with E-state index in [0.717, 1.165) is 47.6 Å². The average molecular weight is 488 g/mol. The Morgan fingerprint density at radius 1 is 1.09 bits per heavy atom. The van der Waals surface area contributed by atoms with Crippen molar-refractivity contribution in [1.82, 2.24) is 0 Å². The second-order valence-electron chi connectivity index (χ2n) is 8.46. The molecule has 8 heteroatoms. The van der Waals surface area contributed by atoms with Crippen molar-refractivity contribution in [2.45, 2.75) is 45.1 Å². The highest BCUT2D eigenvalue weighted by Crippen LogP contribution is 2.47. The molecule has 0 fully saturated rings. The van der Waals surface area contributed by atoms with Crippen molar-refractivity contribution in [2.75, 3.05) is 42.8 Å². The monoisotopic (exact) mass is 487 g/mol. The van der Waals surface area contributed by atoms with Crippen LogP contribution in [0.4, 0.5) is 11.4 Å². The molecule has 0 radical (unpaired) electrons. The topological polar surface area (TPSA) is 96.9 Å². The van der Waals surface area contributed by atoms with E-state index in [-0.39, 0.29) is 43.7 Å². The number of amides is 2. The van der Waals surface area contributed by atoms with Crippen LogP contribution in [0.1, 0.15) is 50.2 Å². The van der Waals surface area contributed by atoms with E-state index in [2.05, 4.69) is 17.6 Å². The lowest BCUT2D eigenvalue weighted by atomic mass is 9.98. The largest absolute Gasteiger partial charge is 0.396 e. The van der Waals surface area contributed by atoms with E-state index in [1.807, 2.05) is 43.3 Å². The maximum Gasteiger partial charge on any atom is 0.250 e. The molecular weight excluding hydrogens is 452 g/mol. The Bertz CT molecular complexity index is 1020. The van der Waals surface area contributed by atoms with Crippen LogP contribution in [0.2, 0.25) is 0 Å². The van der Waals surface area contributed by atoms with Crippen molar-refractivity contribution in [3.63, 3.8) is 0 Å². The molecule has 0 aromatic heterocycles. The number of rotatable bonds is 14. The minimum atomic E-state index is -0.261. The number of nitrogens with one attached hydrogen (secondary N) is 2. The number of ether oxygens (including phenoxy) is 2. The molecule has 0 aliphatic heterocycles. The molecule has 2 amide bonds. The first-order valence-corrected chi connectivity index (χ1v) is 12.3. The third-order valence-corrected chi connectivity index (χ3v) is 6.12. The summed E-state index contributed by atoms with van der Waals surface area (Å²) in [5.74, 6) is 0.0700. The zero-order valence-electron chi connectivity index (χ0n) is 20.8. The summed E-state index contributed by atoms with van der Waals surface area (Å²) in [6.45, 7) is 4.41. The van der Waals surface area contributed by atoms with Crippen molar-refractivity contribution < 1.29 is 24.2 Å². The van der Waals surface area contributed by atoms with Crippen molar-refractivity contribution in [1.29, 1.82) is 1.12 Å². The van der Waals surface area contributed by atoms with E-state index in [4.69, 9.17) is 15.7 Å². The number of thiol groups is 1. The minimum absolute atomic E-state index is 0.0156. The molecule has 0 bridgehead atoms. The van der Waals surface area contributed by atoms with Crippen molar-refractivity contribution >= 4 is 35.7 Å². The molecule has 184 valence electrons. The summed E-state index contributed by atoms with van der Waals surface area (Å²) in [5, 5.41) is 14.7. The average Bonchev–Trinajstić information content (AvgIpc) is 3.13.